The van der Waals surface area contributed by atoms with E-state index in [1.807, 2.05) is 48.1 Å². The number of benzene rings is 2. The minimum absolute atomic E-state index is 0.355. The molecule has 0 fully saturated rings. The second-order valence-electron chi connectivity index (χ2n) is 7.04. The summed E-state index contributed by atoms with van der Waals surface area (Å²) in [4.78, 5) is 9.16. The Kier molecular flexibility index (Phi) is 7.14. The van der Waals surface area contributed by atoms with Gasteiger partial charge in [-0.2, -0.15) is 10.1 Å². The molecule has 2 aromatic heterocycles. The van der Waals surface area contributed by atoms with Crippen molar-refractivity contribution in [3.63, 3.8) is 0 Å². The number of aromatic nitrogens is 4. The monoisotopic (exact) mass is 449 g/mol. The van der Waals surface area contributed by atoms with Crippen molar-refractivity contribution in [2.24, 2.45) is 4.99 Å². The van der Waals surface area contributed by atoms with Gasteiger partial charge in [-0.3, -0.25) is 4.68 Å². The van der Waals surface area contributed by atoms with Crippen molar-refractivity contribution in [2.45, 2.75) is 26.6 Å². The molecule has 0 aliphatic carbocycles. The van der Waals surface area contributed by atoms with Gasteiger partial charge in [0.05, 0.1) is 19.6 Å². The van der Waals surface area contributed by atoms with Gasteiger partial charge in [0.25, 0.3) is 0 Å². The van der Waals surface area contributed by atoms with Crippen molar-refractivity contribution in [2.75, 3.05) is 6.54 Å². The Hall–Kier alpha value is -3.65. The van der Waals surface area contributed by atoms with Gasteiger partial charge in [0.15, 0.2) is 5.96 Å². The summed E-state index contributed by atoms with van der Waals surface area (Å²) in [5, 5.41) is 15.5. The van der Waals surface area contributed by atoms with Crippen LogP contribution in [-0.2, 0) is 19.6 Å². The van der Waals surface area contributed by atoms with Crippen LogP contribution in [0, 0.1) is 0 Å². The van der Waals surface area contributed by atoms with E-state index in [-0.39, 0.29) is 0 Å². The van der Waals surface area contributed by atoms with E-state index in [2.05, 4.69) is 38.0 Å². The SMILES string of the molecule is CCNC(=NCc1ccccc1Cn1cccn1)NCc1nc(-c2cccc(Cl)c2)no1. The molecule has 2 heterocycles. The lowest BCUT2D eigenvalue weighted by Crippen LogP contribution is -2.36. The van der Waals surface area contributed by atoms with Crippen LogP contribution in [0.2, 0.25) is 5.02 Å². The van der Waals surface area contributed by atoms with Crippen molar-refractivity contribution in [1.29, 1.82) is 0 Å². The maximum atomic E-state index is 6.05. The first kappa shape index (κ1) is 21.6. The third-order valence-corrected chi connectivity index (χ3v) is 4.95. The fraction of sp³-hybridized carbons (Fsp3) is 0.217. The lowest BCUT2D eigenvalue weighted by molar-refractivity contribution is 0.375. The maximum Gasteiger partial charge on any atom is 0.246 e. The third kappa shape index (κ3) is 5.73. The van der Waals surface area contributed by atoms with Crippen molar-refractivity contribution in [3.05, 3.63) is 89.0 Å². The molecule has 4 aromatic rings. The third-order valence-electron chi connectivity index (χ3n) is 4.72. The van der Waals surface area contributed by atoms with Gasteiger partial charge in [0, 0.05) is 29.5 Å². The van der Waals surface area contributed by atoms with Gasteiger partial charge >= 0.3 is 0 Å². The fourth-order valence-corrected chi connectivity index (χ4v) is 3.36. The zero-order valence-electron chi connectivity index (χ0n) is 17.7. The van der Waals surface area contributed by atoms with Gasteiger partial charge in [-0.25, -0.2) is 4.99 Å². The summed E-state index contributed by atoms with van der Waals surface area (Å²) in [5.41, 5.74) is 3.13. The summed E-state index contributed by atoms with van der Waals surface area (Å²) in [6, 6.07) is 17.5. The molecule has 2 N–H and O–H groups in total. The number of hydrogen-bond donors (Lipinski definition) is 2. The van der Waals surface area contributed by atoms with E-state index in [0.717, 1.165) is 17.7 Å². The molecule has 0 amide bonds. The van der Waals surface area contributed by atoms with E-state index < -0.39 is 0 Å². The molecule has 32 heavy (non-hydrogen) atoms. The molecule has 2 aromatic carbocycles. The molecule has 8 nitrogen and oxygen atoms in total. The highest BCUT2D eigenvalue weighted by Crippen LogP contribution is 2.19. The second-order valence-corrected chi connectivity index (χ2v) is 7.48. The quantitative estimate of drug-likeness (QED) is 0.313. The average Bonchev–Trinajstić information content (AvgIpc) is 3.49. The Balaban J connectivity index is 1.41. The van der Waals surface area contributed by atoms with Gasteiger partial charge < -0.3 is 15.2 Å². The first-order valence-electron chi connectivity index (χ1n) is 10.4. The topological polar surface area (TPSA) is 93.2 Å². The Morgan fingerprint density at radius 1 is 1.09 bits per heavy atom. The summed E-state index contributed by atoms with van der Waals surface area (Å²) < 4.78 is 7.27. The number of hydrogen-bond acceptors (Lipinski definition) is 5. The molecular formula is C23H24ClN7O. The predicted octanol–water partition coefficient (Wildman–Crippen LogP) is 3.89. The highest BCUT2D eigenvalue weighted by Gasteiger charge is 2.10. The van der Waals surface area contributed by atoms with Crippen molar-refractivity contribution in [1.82, 2.24) is 30.6 Å². The van der Waals surface area contributed by atoms with Crippen LogP contribution in [0.3, 0.4) is 0 Å². The molecule has 9 heteroatoms. The molecule has 164 valence electrons. The Morgan fingerprint density at radius 2 is 1.97 bits per heavy atom. The molecule has 0 aliphatic rings. The van der Waals surface area contributed by atoms with Gasteiger partial charge in [0.2, 0.25) is 11.7 Å². The first-order valence-corrected chi connectivity index (χ1v) is 10.7. The van der Waals surface area contributed by atoms with Gasteiger partial charge in [-0.05, 0) is 36.2 Å². The molecular weight excluding hydrogens is 426 g/mol. The zero-order chi connectivity index (χ0) is 22.2. The zero-order valence-corrected chi connectivity index (χ0v) is 18.5. The summed E-state index contributed by atoms with van der Waals surface area (Å²) >= 11 is 6.05. The highest BCUT2D eigenvalue weighted by atomic mass is 35.5. The molecule has 0 aliphatic heterocycles. The van der Waals surface area contributed by atoms with E-state index >= 15 is 0 Å². The number of guanidine groups is 1. The molecule has 0 bridgehead atoms. The van der Waals surface area contributed by atoms with Crippen LogP contribution in [0.25, 0.3) is 11.4 Å². The lowest BCUT2D eigenvalue weighted by Gasteiger charge is -2.11. The summed E-state index contributed by atoms with van der Waals surface area (Å²) in [6.07, 6.45) is 3.73. The minimum Gasteiger partial charge on any atom is -0.357 e. The van der Waals surface area contributed by atoms with Crippen LogP contribution in [0.4, 0.5) is 0 Å². The summed E-state index contributed by atoms with van der Waals surface area (Å²) in [7, 11) is 0. The van der Waals surface area contributed by atoms with Crippen LogP contribution in [0.5, 0.6) is 0 Å². The number of aliphatic imine (C=N–C) groups is 1. The molecule has 0 radical (unpaired) electrons. The normalized spacial score (nSPS) is 11.5. The number of halogens is 1. The Labute approximate surface area is 191 Å². The van der Waals surface area contributed by atoms with E-state index in [1.165, 1.54) is 5.56 Å². The van der Waals surface area contributed by atoms with Crippen LogP contribution < -0.4 is 10.6 Å². The van der Waals surface area contributed by atoms with Gasteiger partial charge in [0.1, 0.15) is 0 Å². The van der Waals surface area contributed by atoms with Gasteiger partial charge in [-0.15, -0.1) is 0 Å². The van der Waals surface area contributed by atoms with Gasteiger partial charge in [-0.1, -0.05) is 53.2 Å². The van der Waals surface area contributed by atoms with E-state index in [1.54, 1.807) is 18.3 Å². The molecule has 0 spiro atoms. The highest BCUT2D eigenvalue weighted by molar-refractivity contribution is 6.30. The van der Waals surface area contributed by atoms with E-state index in [0.29, 0.717) is 42.3 Å². The minimum atomic E-state index is 0.355. The smallest absolute Gasteiger partial charge is 0.246 e. The van der Waals surface area contributed by atoms with Crippen LogP contribution in [-0.4, -0.2) is 32.4 Å². The van der Waals surface area contributed by atoms with Crippen LogP contribution in [0.1, 0.15) is 23.9 Å². The lowest BCUT2D eigenvalue weighted by atomic mass is 10.1. The van der Waals surface area contributed by atoms with E-state index in [9.17, 15) is 0 Å². The molecule has 0 atom stereocenters. The first-order chi connectivity index (χ1) is 15.7. The predicted molar refractivity (Wildman–Crippen MR) is 124 cm³/mol. The van der Waals surface area contributed by atoms with Crippen molar-refractivity contribution < 1.29 is 4.52 Å². The summed E-state index contributed by atoms with van der Waals surface area (Å²) in [6.45, 7) is 4.35. The average molecular weight is 450 g/mol. The van der Waals surface area contributed by atoms with Crippen LogP contribution >= 0.6 is 11.6 Å². The molecule has 0 unspecified atom stereocenters. The van der Waals surface area contributed by atoms with Crippen LogP contribution in [0.15, 0.2) is 76.5 Å². The number of rotatable bonds is 8. The maximum absolute atomic E-state index is 6.05. The Bertz CT molecular complexity index is 1170. The van der Waals surface area contributed by atoms with Crippen molar-refractivity contribution >= 4 is 17.6 Å². The molecule has 0 saturated carbocycles. The number of nitrogens with zero attached hydrogens (tertiary/aromatic N) is 5. The molecule has 0 saturated heterocycles. The fourth-order valence-electron chi connectivity index (χ4n) is 3.17. The summed E-state index contributed by atoms with van der Waals surface area (Å²) in [5.74, 6) is 1.63. The number of nitrogens with one attached hydrogen (secondary N) is 2. The Morgan fingerprint density at radius 3 is 2.75 bits per heavy atom. The second kappa shape index (κ2) is 10.6. The van der Waals surface area contributed by atoms with E-state index in [4.69, 9.17) is 21.1 Å². The van der Waals surface area contributed by atoms with Crippen molar-refractivity contribution in [3.8, 4) is 11.4 Å². The molecule has 4 rings (SSSR count). The standard InChI is InChI=1S/C23H24ClN7O/c1-2-25-23(26-14-18-7-3-4-8-19(18)16-31-12-6-11-28-31)27-15-21-29-22(30-32-21)17-9-5-10-20(24)13-17/h3-13H,2,14-16H2,1H3,(H2,25,26,27). The largest absolute Gasteiger partial charge is 0.357 e.